The van der Waals surface area contributed by atoms with Crippen LogP contribution in [0.5, 0.6) is 0 Å². The Morgan fingerprint density at radius 3 is 1.76 bits per heavy atom. The van der Waals surface area contributed by atoms with Gasteiger partial charge in [0.25, 0.3) is 0 Å². The molecule has 0 aliphatic carbocycles. The molecule has 21 heavy (non-hydrogen) atoms. The normalized spacial score (nSPS) is 12.6. The Balaban J connectivity index is 2.66. The summed E-state index contributed by atoms with van der Waals surface area (Å²) in [5, 5.41) is 0. The van der Waals surface area contributed by atoms with E-state index in [2.05, 4.69) is 34.6 Å². The third kappa shape index (κ3) is 2.60. The number of halogens is 1. The smallest absolute Gasteiger partial charge is 0.123 e. The molecule has 1 atom stereocenters. The molecule has 0 amide bonds. The standard InChI is InChI=1S/C19H24FN/c1-10-9-16(20)7-8-17(10)19(21)18-14(5)12(3)11(2)13(4)15(18)6/h7-9,19H,21H2,1-6H3. The molecule has 0 saturated heterocycles. The van der Waals surface area contributed by atoms with E-state index in [1.807, 2.05) is 6.92 Å². The minimum absolute atomic E-state index is 0.215. The maximum absolute atomic E-state index is 13.3. The average molecular weight is 285 g/mol. The van der Waals surface area contributed by atoms with Crippen molar-refractivity contribution in [3.05, 3.63) is 68.5 Å². The molecule has 0 bridgehead atoms. The maximum Gasteiger partial charge on any atom is 0.123 e. The van der Waals surface area contributed by atoms with Crippen LogP contribution in [0.2, 0.25) is 0 Å². The van der Waals surface area contributed by atoms with E-state index < -0.39 is 0 Å². The summed E-state index contributed by atoms with van der Waals surface area (Å²) >= 11 is 0. The van der Waals surface area contributed by atoms with Crippen molar-refractivity contribution >= 4 is 0 Å². The highest BCUT2D eigenvalue weighted by atomic mass is 19.1. The van der Waals surface area contributed by atoms with Crippen molar-refractivity contribution in [2.24, 2.45) is 5.73 Å². The van der Waals surface area contributed by atoms with Gasteiger partial charge in [0, 0.05) is 0 Å². The van der Waals surface area contributed by atoms with Gasteiger partial charge in [0.05, 0.1) is 6.04 Å². The Hall–Kier alpha value is -1.67. The van der Waals surface area contributed by atoms with Crippen LogP contribution < -0.4 is 5.73 Å². The fourth-order valence-corrected chi connectivity index (χ4v) is 3.14. The first kappa shape index (κ1) is 15.7. The van der Waals surface area contributed by atoms with Crippen LogP contribution in [0.15, 0.2) is 18.2 Å². The third-order valence-corrected chi connectivity index (χ3v) is 4.94. The van der Waals surface area contributed by atoms with Gasteiger partial charge in [-0.1, -0.05) is 6.07 Å². The summed E-state index contributed by atoms with van der Waals surface area (Å²) in [7, 11) is 0. The van der Waals surface area contributed by atoms with Crippen LogP contribution in [0.4, 0.5) is 4.39 Å². The fraction of sp³-hybridized carbons (Fsp3) is 0.368. The van der Waals surface area contributed by atoms with Crippen molar-refractivity contribution in [3.63, 3.8) is 0 Å². The number of aryl methyl sites for hydroxylation is 1. The van der Waals surface area contributed by atoms with Gasteiger partial charge in [-0.3, -0.25) is 0 Å². The molecular weight excluding hydrogens is 261 g/mol. The summed E-state index contributed by atoms with van der Waals surface area (Å²) in [6.07, 6.45) is 0. The van der Waals surface area contributed by atoms with Gasteiger partial charge in [-0.25, -0.2) is 4.39 Å². The van der Waals surface area contributed by atoms with E-state index in [-0.39, 0.29) is 11.9 Å². The Morgan fingerprint density at radius 2 is 1.29 bits per heavy atom. The van der Waals surface area contributed by atoms with Gasteiger partial charge >= 0.3 is 0 Å². The molecule has 1 nitrogen and oxygen atoms in total. The molecule has 0 aromatic heterocycles. The number of rotatable bonds is 2. The van der Waals surface area contributed by atoms with Crippen LogP contribution in [0.1, 0.15) is 50.5 Å². The zero-order valence-corrected chi connectivity index (χ0v) is 13.8. The zero-order valence-electron chi connectivity index (χ0n) is 13.8. The van der Waals surface area contributed by atoms with E-state index in [0.717, 1.165) is 11.1 Å². The summed E-state index contributed by atoms with van der Waals surface area (Å²) in [6, 6.07) is 4.62. The minimum Gasteiger partial charge on any atom is -0.320 e. The van der Waals surface area contributed by atoms with Crippen LogP contribution >= 0.6 is 0 Å². The molecule has 0 aliphatic rings. The largest absolute Gasteiger partial charge is 0.320 e. The number of hydrogen-bond donors (Lipinski definition) is 1. The summed E-state index contributed by atoms with van der Waals surface area (Å²) in [5.74, 6) is -0.215. The lowest BCUT2D eigenvalue weighted by Crippen LogP contribution is -2.18. The first-order chi connectivity index (χ1) is 9.75. The molecule has 1 unspecified atom stereocenters. The maximum atomic E-state index is 13.3. The quantitative estimate of drug-likeness (QED) is 0.848. The van der Waals surface area contributed by atoms with Crippen LogP contribution in [0, 0.1) is 47.4 Å². The van der Waals surface area contributed by atoms with E-state index in [1.54, 1.807) is 12.1 Å². The van der Waals surface area contributed by atoms with Gasteiger partial charge in [-0.05, 0) is 98.2 Å². The lowest BCUT2D eigenvalue weighted by molar-refractivity contribution is 0.624. The fourth-order valence-electron chi connectivity index (χ4n) is 3.14. The van der Waals surface area contributed by atoms with Crippen LogP contribution in [0.25, 0.3) is 0 Å². The summed E-state index contributed by atoms with van der Waals surface area (Å²) < 4.78 is 13.3. The molecule has 2 N–H and O–H groups in total. The molecule has 0 spiro atoms. The van der Waals surface area contributed by atoms with Crippen LogP contribution in [-0.2, 0) is 0 Å². The van der Waals surface area contributed by atoms with E-state index in [9.17, 15) is 4.39 Å². The van der Waals surface area contributed by atoms with Gasteiger partial charge < -0.3 is 5.73 Å². The first-order valence-corrected chi connectivity index (χ1v) is 7.34. The van der Waals surface area contributed by atoms with Crippen LogP contribution in [0.3, 0.4) is 0 Å². The Bertz CT molecular complexity index is 672. The molecule has 0 radical (unpaired) electrons. The molecule has 2 aromatic carbocycles. The molecule has 0 fully saturated rings. The second-order valence-corrected chi connectivity index (χ2v) is 6.02. The number of benzene rings is 2. The molecule has 0 saturated carbocycles. The van der Waals surface area contributed by atoms with Gasteiger partial charge in [-0.15, -0.1) is 0 Å². The lowest BCUT2D eigenvalue weighted by atomic mass is 9.83. The van der Waals surface area contributed by atoms with Crippen molar-refractivity contribution in [3.8, 4) is 0 Å². The van der Waals surface area contributed by atoms with E-state index in [1.165, 1.54) is 39.4 Å². The molecule has 0 aliphatic heterocycles. The molecule has 2 heteroatoms. The Labute approximate surface area is 127 Å². The van der Waals surface area contributed by atoms with Gasteiger partial charge in [0.15, 0.2) is 0 Å². The molecule has 2 aromatic rings. The van der Waals surface area contributed by atoms with Crippen molar-refractivity contribution < 1.29 is 4.39 Å². The van der Waals surface area contributed by atoms with Crippen molar-refractivity contribution in [2.45, 2.75) is 47.6 Å². The molecule has 2 rings (SSSR count). The Morgan fingerprint density at radius 1 is 0.810 bits per heavy atom. The second-order valence-electron chi connectivity index (χ2n) is 6.02. The van der Waals surface area contributed by atoms with Crippen molar-refractivity contribution in [1.29, 1.82) is 0 Å². The van der Waals surface area contributed by atoms with Crippen LogP contribution in [-0.4, -0.2) is 0 Å². The first-order valence-electron chi connectivity index (χ1n) is 7.34. The zero-order chi connectivity index (χ0) is 15.9. The van der Waals surface area contributed by atoms with Crippen molar-refractivity contribution in [1.82, 2.24) is 0 Å². The van der Waals surface area contributed by atoms with Gasteiger partial charge in [0.2, 0.25) is 0 Å². The summed E-state index contributed by atoms with van der Waals surface area (Å²) in [4.78, 5) is 0. The highest BCUT2D eigenvalue weighted by Gasteiger charge is 2.20. The average Bonchev–Trinajstić information content (AvgIpc) is 2.43. The molecule has 112 valence electrons. The minimum atomic E-state index is -0.219. The van der Waals surface area contributed by atoms with E-state index in [4.69, 9.17) is 5.73 Å². The predicted octanol–water partition coefficient (Wildman–Crippen LogP) is 4.72. The van der Waals surface area contributed by atoms with Gasteiger partial charge in [-0.2, -0.15) is 0 Å². The highest BCUT2D eigenvalue weighted by Crippen LogP contribution is 2.33. The molecule has 0 heterocycles. The number of hydrogen-bond acceptors (Lipinski definition) is 1. The topological polar surface area (TPSA) is 26.0 Å². The Kier molecular flexibility index (Phi) is 4.20. The highest BCUT2D eigenvalue weighted by molar-refractivity contribution is 5.53. The monoisotopic (exact) mass is 285 g/mol. The van der Waals surface area contributed by atoms with E-state index in [0.29, 0.717) is 0 Å². The molecular formula is C19H24FN. The number of nitrogens with two attached hydrogens (primary N) is 1. The predicted molar refractivity (Wildman–Crippen MR) is 87.3 cm³/mol. The summed E-state index contributed by atoms with van der Waals surface area (Å²) in [6.45, 7) is 12.6. The van der Waals surface area contributed by atoms with Gasteiger partial charge in [0.1, 0.15) is 5.82 Å². The SMILES string of the molecule is Cc1cc(F)ccc1C(N)c1c(C)c(C)c(C)c(C)c1C. The lowest BCUT2D eigenvalue weighted by Gasteiger charge is -2.24. The third-order valence-electron chi connectivity index (χ3n) is 4.94. The van der Waals surface area contributed by atoms with E-state index >= 15 is 0 Å². The van der Waals surface area contributed by atoms with Crippen molar-refractivity contribution in [2.75, 3.05) is 0 Å². The second kappa shape index (κ2) is 5.61. The summed E-state index contributed by atoms with van der Waals surface area (Å²) in [5.41, 5.74) is 16.0.